The number of benzene rings is 1. The van der Waals surface area contributed by atoms with Gasteiger partial charge < -0.3 is 10.4 Å². The lowest BCUT2D eigenvalue weighted by molar-refractivity contribution is 0.417. The second kappa shape index (κ2) is 4.54. The van der Waals surface area contributed by atoms with Gasteiger partial charge in [-0.15, -0.1) is 0 Å². The molecule has 2 N–H and O–H groups in total. The van der Waals surface area contributed by atoms with E-state index in [1.54, 1.807) is 36.4 Å². The van der Waals surface area contributed by atoms with Crippen LogP contribution in [-0.2, 0) is 0 Å². The van der Waals surface area contributed by atoms with Crippen LogP contribution in [0.1, 0.15) is 0 Å². The van der Waals surface area contributed by atoms with Gasteiger partial charge in [0.2, 0.25) is 5.88 Å². The molecule has 0 unspecified atom stereocenters. The second-order valence-corrected chi connectivity index (χ2v) is 2.44. The molecule has 0 saturated heterocycles. The molecule has 0 aliphatic heterocycles. The highest BCUT2D eigenvalue weighted by Crippen LogP contribution is 2.09. The zero-order chi connectivity index (χ0) is 10.4. The monoisotopic (exact) mass is 185 g/mol. The maximum absolute atomic E-state index is 9.29. The van der Waals surface area contributed by atoms with E-state index < -0.39 is 5.88 Å². The van der Waals surface area contributed by atoms with E-state index in [1.165, 1.54) is 0 Å². The van der Waals surface area contributed by atoms with Gasteiger partial charge in [-0.1, -0.05) is 18.2 Å². The van der Waals surface area contributed by atoms with Crippen molar-refractivity contribution in [3.05, 3.63) is 41.8 Å². The van der Waals surface area contributed by atoms with Gasteiger partial charge in [0.1, 0.15) is 12.1 Å². The van der Waals surface area contributed by atoms with Crippen LogP contribution in [0.5, 0.6) is 0 Å². The Bertz CT molecular complexity index is 407. The van der Waals surface area contributed by atoms with E-state index in [2.05, 4.69) is 5.32 Å². The third-order valence-electron chi connectivity index (χ3n) is 1.50. The van der Waals surface area contributed by atoms with Gasteiger partial charge >= 0.3 is 0 Å². The molecule has 1 aromatic rings. The minimum absolute atomic E-state index is 0.339. The zero-order valence-electron chi connectivity index (χ0n) is 7.23. The molecule has 0 aliphatic carbocycles. The van der Waals surface area contributed by atoms with Gasteiger partial charge in [0.25, 0.3) is 0 Å². The summed E-state index contributed by atoms with van der Waals surface area (Å²) in [6.45, 7) is 0. The highest BCUT2D eigenvalue weighted by molar-refractivity contribution is 5.51. The van der Waals surface area contributed by atoms with E-state index in [4.69, 9.17) is 10.5 Å². The van der Waals surface area contributed by atoms with Crippen LogP contribution in [0.3, 0.4) is 0 Å². The van der Waals surface area contributed by atoms with Crippen molar-refractivity contribution in [3.8, 4) is 12.1 Å². The Labute approximate surface area is 81.3 Å². The molecule has 4 nitrogen and oxygen atoms in total. The molecule has 0 fully saturated rings. The quantitative estimate of drug-likeness (QED) is 0.544. The summed E-state index contributed by atoms with van der Waals surface area (Å²) < 4.78 is 0. The molecule has 0 saturated carbocycles. The number of hydrogen-bond acceptors (Lipinski definition) is 4. The lowest BCUT2D eigenvalue weighted by atomic mass is 10.3. The summed E-state index contributed by atoms with van der Waals surface area (Å²) in [4.78, 5) is 0. The van der Waals surface area contributed by atoms with Gasteiger partial charge in [-0.3, -0.25) is 0 Å². The smallest absolute Gasteiger partial charge is 0.218 e. The molecule has 0 amide bonds. The highest BCUT2D eigenvalue weighted by atomic mass is 16.3. The lowest BCUT2D eigenvalue weighted by Crippen LogP contribution is -2.00. The van der Waals surface area contributed by atoms with E-state index in [0.29, 0.717) is 5.69 Å². The van der Waals surface area contributed by atoms with E-state index in [9.17, 15) is 5.11 Å². The number of rotatable bonds is 2. The SMILES string of the molecule is N#CC(C#N)=C(O)Nc1ccccc1. The van der Waals surface area contributed by atoms with Gasteiger partial charge in [-0.25, -0.2) is 0 Å². The van der Waals surface area contributed by atoms with Crippen LogP contribution >= 0.6 is 0 Å². The number of hydrogen-bond donors (Lipinski definition) is 2. The molecule has 1 aromatic carbocycles. The van der Waals surface area contributed by atoms with Crippen LogP contribution in [0.4, 0.5) is 5.69 Å². The number of nitrogens with one attached hydrogen (secondary N) is 1. The topological polar surface area (TPSA) is 79.8 Å². The third kappa shape index (κ3) is 2.26. The van der Waals surface area contributed by atoms with Crippen molar-refractivity contribution in [3.63, 3.8) is 0 Å². The molecule has 0 aliphatic rings. The summed E-state index contributed by atoms with van der Waals surface area (Å²) in [6.07, 6.45) is 0. The molecular weight excluding hydrogens is 178 g/mol. The van der Waals surface area contributed by atoms with Gasteiger partial charge in [0.05, 0.1) is 0 Å². The minimum Gasteiger partial charge on any atom is -0.493 e. The van der Waals surface area contributed by atoms with Crippen LogP contribution in [0.25, 0.3) is 0 Å². The van der Waals surface area contributed by atoms with E-state index in [0.717, 1.165) is 0 Å². The Balaban J connectivity index is 2.87. The predicted octanol–water partition coefficient (Wildman–Crippen LogP) is 1.92. The molecule has 0 bridgehead atoms. The fraction of sp³-hybridized carbons (Fsp3) is 0. The first-order chi connectivity index (χ1) is 6.77. The van der Waals surface area contributed by atoms with Crippen molar-refractivity contribution in [2.45, 2.75) is 0 Å². The number of aliphatic hydroxyl groups excluding tert-OH is 1. The van der Waals surface area contributed by atoms with Crippen LogP contribution in [-0.4, -0.2) is 5.11 Å². The number of nitriles is 2. The Kier molecular flexibility index (Phi) is 3.12. The number of nitrogens with zero attached hydrogens (tertiary/aromatic N) is 2. The molecule has 0 spiro atoms. The first-order valence-electron chi connectivity index (χ1n) is 3.83. The largest absolute Gasteiger partial charge is 0.493 e. The highest BCUT2D eigenvalue weighted by Gasteiger charge is 2.03. The summed E-state index contributed by atoms with van der Waals surface area (Å²) >= 11 is 0. The maximum Gasteiger partial charge on any atom is 0.218 e. The average molecular weight is 185 g/mol. The standard InChI is InChI=1S/C10H7N3O/c11-6-8(7-12)10(14)13-9-4-2-1-3-5-9/h1-5,13-14H. The molecule has 0 heterocycles. The third-order valence-corrected chi connectivity index (χ3v) is 1.50. The number of allylic oxidation sites excluding steroid dienone is 1. The van der Waals surface area contributed by atoms with Crippen molar-refractivity contribution in [1.29, 1.82) is 10.5 Å². The molecular formula is C10H7N3O. The molecule has 68 valence electrons. The van der Waals surface area contributed by atoms with E-state index >= 15 is 0 Å². The van der Waals surface area contributed by atoms with E-state index in [1.807, 2.05) is 6.07 Å². The molecule has 4 heteroatoms. The summed E-state index contributed by atoms with van der Waals surface area (Å²) in [7, 11) is 0. The summed E-state index contributed by atoms with van der Waals surface area (Å²) in [5, 5.41) is 28.7. The lowest BCUT2D eigenvalue weighted by Gasteiger charge is -2.03. The van der Waals surface area contributed by atoms with Gasteiger partial charge in [0.15, 0.2) is 5.57 Å². The van der Waals surface area contributed by atoms with E-state index in [-0.39, 0.29) is 5.57 Å². The van der Waals surface area contributed by atoms with Crippen LogP contribution in [0, 0.1) is 22.7 Å². The summed E-state index contributed by atoms with van der Waals surface area (Å²) in [5.74, 6) is -0.429. The van der Waals surface area contributed by atoms with Gasteiger partial charge in [0, 0.05) is 5.69 Å². The molecule has 0 atom stereocenters. The molecule has 14 heavy (non-hydrogen) atoms. The number of aliphatic hydroxyl groups is 1. The van der Waals surface area contributed by atoms with Crippen LogP contribution in [0.2, 0.25) is 0 Å². The van der Waals surface area contributed by atoms with Crippen LogP contribution < -0.4 is 5.32 Å². The van der Waals surface area contributed by atoms with Crippen molar-refractivity contribution >= 4 is 5.69 Å². The predicted molar refractivity (Wildman–Crippen MR) is 50.9 cm³/mol. The fourth-order valence-electron chi connectivity index (χ4n) is 0.852. The molecule has 0 radical (unpaired) electrons. The number of anilines is 1. The van der Waals surface area contributed by atoms with Crippen molar-refractivity contribution < 1.29 is 5.11 Å². The normalized spacial score (nSPS) is 8.14. The Hall–Kier alpha value is -2.46. The fourth-order valence-corrected chi connectivity index (χ4v) is 0.852. The van der Waals surface area contributed by atoms with Gasteiger partial charge in [-0.05, 0) is 12.1 Å². The van der Waals surface area contributed by atoms with Crippen molar-refractivity contribution in [2.75, 3.05) is 5.32 Å². The van der Waals surface area contributed by atoms with Gasteiger partial charge in [-0.2, -0.15) is 10.5 Å². The average Bonchev–Trinajstić information content (AvgIpc) is 2.21. The summed E-state index contributed by atoms with van der Waals surface area (Å²) in [5.41, 5.74) is 0.279. The van der Waals surface area contributed by atoms with Crippen molar-refractivity contribution in [1.82, 2.24) is 0 Å². The number of para-hydroxylation sites is 1. The summed E-state index contributed by atoms with van der Waals surface area (Å²) in [6, 6.07) is 11.9. The Morgan fingerprint density at radius 1 is 1.14 bits per heavy atom. The Morgan fingerprint density at radius 3 is 2.21 bits per heavy atom. The first kappa shape index (κ1) is 9.63. The molecule has 1 rings (SSSR count). The Morgan fingerprint density at radius 2 is 1.71 bits per heavy atom. The maximum atomic E-state index is 9.29. The second-order valence-electron chi connectivity index (χ2n) is 2.44. The minimum atomic E-state index is -0.429. The first-order valence-corrected chi connectivity index (χ1v) is 3.83. The zero-order valence-corrected chi connectivity index (χ0v) is 7.23. The molecule has 0 aromatic heterocycles. The van der Waals surface area contributed by atoms with Crippen LogP contribution in [0.15, 0.2) is 41.8 Å². The van der Waals surface area contributed by atoms with Crippen molar-refractivity contribution in [2.24, 2.45) is 0 Å².